The summed E-state index contributed by atoms with van der Waals surface area (Å²) in [5.41, 5.74) is 2.91. The molecule has 11 heteroatoms. The Kier molecular flexibility index (Phi) is 6.71. The van der Waals surface area contributed by atoms with Gasteiger partial charge in [0.25, 0.3) is 5.69 Å². The molecule has 0 radical (unpaired) electrons. The molecule has 4 rings (SSSR count). The molecule has 1 amide bonds. The van der Waals surface area contributed by atoms with Gasteiger partial charge in [0.05, 0.1) is 28.3 Å². The van der Waals surface area contributed by atoms with E-state index >= 15 is 0 Å². The van der Waals surface area contributed by atoms with Crippen molar-refractivity contribution in [3.63, 3.8) is 0 Å². The first-order chi connectivity index (χ1) is 16.0. The summed E-state index contributed by atoms with van der Waals surface area (Å²) < 4.78 is 5.21. The first-order valence-electron chi connectivity index (χ1n) is 9.87. The zero-order valence-electron chi connectivity index (χ0n) is 17.4. The third kappa shape index (κ3) is 5.04. The van der Waals surface area contributed by atoms with Gasteiger partial charge in [0.15, 0.2) is 5.16 Å². The molecule has 9 nitrogen and oxygen atoms in total. The molecule has 168 valence electrons. The minimum Gasteiger partial charge on any atom is -0.462 e. The molecule has 0 saturated carbocycles. The molecule has 2 aromatic heterocycles. The number of H-pyrrole nitrogens is 1. The third-order valence-corrected chi connectivity index (χ3v) is 6.37. The Hall–Kier alpha value is -3.70. The Bertz CT molecular complexity index is 1330. The third-order valence-electron chi connectivity index (χ3n) is 4.60. The maximum atomic E-state index is 12.6. The number of amides is 1. The van der Waals surface area contributed by atoms with Crippen molar-refractivity contribution in [2.75, 3.05) is 17.7 Å². The molecule has 0 aliphatic carbocycles. The summed E-state index contributed by atoms with van der Waals surface area (Å²) in [6.45, 7) is 1.94. The van der Waals surface area contributed by atoms with E-state index in [1.165, 1.54) is 23.5 Å². The molecule has 0 bridgehead atoms. The first-order valence-corrected chi connectivity index (χ1v) is 11.7. The number of nitrogens with zero attached hydrogens (tertiary/aromatic N) is 2. The maximum absolute atomic E-state index is 12.6. The van der Waals surface area contributed by atoms with Crippen LogP contribution in [0.3, 0.4) is 0 Å². The molecule has 0 saturated heterocycles. The van der Waals surface area contributed by atoms with Gasteiger partial charge in [0.1, 0.15) is 10.6 Å². The van der Waals surface area contributed by atoms with Crippen molar-refractivity contribution < 1.29 is 19.2 Å². The molecule has 4 aromatic rings. The van der Waals surface area contributed by atoms with E-state index in [1.54, 1.807) is 13.0 Å². The summed E-state index contributed by atoms with van der Waals surface area (Å²) in [5.74, 6) is -0.791. The zero-order chi connectivity index (χ0) is 23.4. The lowest BCUT2D eigenvalue weighted by Crippen LogP contribution is -2.16. The van der Waals surface area contributed by atoms with Crippen LogP contribution < -0.4 is 5.32 Å². The van der Waals surface area contributed by atoms with Gasteiger partial charge in [-0.1, -0.05) is 42.1 Å². The van der Waals surface area contributed by atoms with Crippen LogP contribution in [0.15, 0.2) is 59.1 Å². The van der Waals surface area contributed by atoms with Crippen molar-refractivity contribution in [1.82, 2.24) is 9.97 Å². The molecule has 0 unspecified atom stereocenters. The fraction of sp³-hybridized carbons (Fsp3) is 0.136. The number of rotatable bonds is 8. The molecular formula is C22H18N4O5S2. The van der Waals surface area contributed by atoms with E-state index in [0.29, 0.717) is 32.3 Å². The number of thiophene rings is 1. The van der Waals surface area contributed by atoms with Crippen LogP contribution >= 0.6 is 23.1 Å². The number of nitro benzene ring substituents is 1. The van der Waals surface area contributed by atoms with Gasteiger partial charge in [-0.25, -0.2) is 9.78 Å². The van der Waals surface area contributed by atoms with E-state index in [9.17, 15) is 19.7 Å². The number of hydrogen-bond donors (Lipinski definition) is 2. The number of aromatic amines is 1. The van der Waals surface area contributed by atoms with Crippen molar-refractivity contribution in [1.29, 1.82) is 0 Å². The summed E-state index contributed by atoms with van der Waals surface area (Å²) in [6, 6.07) is 13.7. The number of non-ortho nitro benzene ring substituents is 1. The Labute approximate surface area is 196 Å². The highest BCUT2D eigenvalue weighted by Crippen LogP contribution is 2.36. The minimum absolute atomic E-state index is 0.0305. The second kappa shape index (κ2) is 9.84. The van der Waals surface area contributed by atoms with Gasteiger partial charge >= 0.3 is 5.97 Å². The number of thioether (sulfide) groups is 1. The van der Waals surface area contributed by atoms with E-state index < -0.39 is 10.9 Å². The molecule has 2 aromatic carbocycles. The molecule has 2 heterocycles. The highest BCUT2D eigenvalue weighted by molar-refractivity contribution is 7.99. The summed E-state index contributed by atoms with van der Waals surface area (Å²) >= 11 is 2.41. The first kappa shape index (κ1) is 22.5. The Morgan fingerprint density at radius 3 is 2.76 bits per heavy atom. The number of benzene rings is 2. The molecule has 0 atom stereocenters. The van der Waals surface area contributed by atoms with Gasteiger partial charge in [-0.15, -0.1) is 11.3 Å². The van der Waals surface area contributed by atoms with E-state index in [-0.39, 0.29) is 24.0 Å². The van der Waals surface area contributed by atoms with Crippen molar-refractivity contribution in [2.45, 2.75) is 12.1 Å². The van der Waals surface area contributed by atoms with Crippen molar-refractivity contribution in [2.24, 2.45) is 0 Å². The average molecular weight is 483 g/mol. The topological polar surface area (TPSA) is 127 Å². The number of ether oxygens (including phenoxy) is 1. The van der Waals surface area contributed by atoms with Crippen LogP contribution in [-0.4, -0.2) is 39.1 Å². The molecule has 0 aliphatic rings. The van der Waals surface area contributed by atoms with Gasteiger partial charge in [-0.3, -0.25) is 14.9 Å². The van der Waals surface area contributed by atoms with Gasteiger partial charge in [0, 0.05) is 23.1 Å². The molecule has 0 spiro atoms. The number of nitrogens with one attached hydrogen (secondary N) is 2. The van der Waals surface area contributed by atoms with Crippen LogP contribution in [0.25, 0.3) is 22.2 Å². The average Bonchev–Trinajstić information content (AvgIpc) is 3.41. The van der Waals surface area contributed by atoms with Gasteiger partial charge in [-0.2, -0.15) is 0 Å². The number of imidazole rings is 1. The lowest BCUT2D eigenvalue weighted by Gasteiger charge is -2.08. The van der Waals surface area contributed by atoms with Crippen LogP contribution in [-0.2, 0) is 9.53 Å². The fourth-order valence-corrected chi connectivity index (χ4v) is 4.80. The maximum Gasteiger partial charge on any atom is 0.341 e. The van der Waals surface area contributed by atoms with E-state index in [4.69, 9.17) is 4.74 Å². The largest absolute Gasteiger partial charge is 0.462 e. The normalized spacial score (nSPS) is 10.8. The van der Waals surface area contributed by atoms with Crippen LogP contribution in [0.5, 0.6) is 0 Å². The standard InChI is InChI=1S/C22H18N4O5S2/c1-2-31-21(28)19-15(13-6-4-3-5-7-13)11-32-20(19)25-18(27)12-33-22-23-16-9-8-14(26(29)30)10-17(16)24-22/h3-11H,2,12H2,1H3,(H,23,24)(H,25,27). The minimum atomic E-state index is -0.501. The Morgan fingerprint density at radius 1 is 1.24 bits per heavy atom. The molecule has 33 heavy (non-hydrogen) atoms. The smallest absolute Gasteiger partial charge is 0.341 e. The zero-order valence-corrected chi connectivity index (χ0v) is 19.0. The number of hydrogen-bond acceptors (Lipinski definition) is 8. The monoisotopic (exact) mass is 482 g/mol. The Balaban J connectivity index is 1.49. The van der Waals surface area contributed by atoms with Gasteiger partial charge in [-0.05, 0) is 18.6 Å². The summed E-state index contributed by atoms with van der Waals surface area (Å²) in [5, 5.41) is 16.4. The number of anilines is 1. The summed E-state index contributed by atoms with van der Waals surface area (Å²) in [7, 11) is 0. The van der Waals surface area contributed by atoms with Crippen LogP contribution in [0, 0.1) is 10.1 Å². The lowest BCUT2D eigenvalue weighted by atomic mass is 10.0. The lowest BCUT2D eigenvalue weighted by molar-refractivity contribution is -0.384. The molecule has 2 N–H and O–H groups in total. The van der Waals surface area contributed by atoms with Gasteiger partial charge < -0.3 is 15.0 Å². The quantitative estimate of drug-likeness (QED) is 0.155. The number of esters is 1. The van der Waals surface area contributed by atoms with E-state index in [1.807, 2.05) is 35.7 Å². The predicted octanol–water partition coefficient (Wildman–Crippen LogP) is 5.11. The van der Waals surface area contributed by atoms with Crippen molar-refractivity contribution in [3.05, 3.63) is 69.6 Å². The number of carbonyl (C=O) groups excluding carboxylic acids is 2. The Morgan fingerprint density at radius 2 is 2.03 bits per heavy atom. The van der Waals surface area contributed by atoms with Crippen molar-refractivity contribution >= 4 is 56.7 Å². The molecule has 0 fully saturated rings. The second-order valence-corrected chi connectivity index (χ2v) is 8.62. The van der Waals surface area contributed by atoms with E-state index in [0.717, 1.165) is 17.3 Å². The predicted molar refractivity (Wildman–Crippen MR) is 128 cm³/mol. The van der Waals surface area contributed by atoms with Crippen LogP contribution in [0.1, 0.15) is 17.3 Å². The van der Waals surface area contributed by atoms with E-state index in [2.05, 4.69) is 15.3 Å². The van der Waals surface area contributed by atoms with Crippen LogP contribution in [0.4, 0.5) is 10.7 Å². The van der Waals surface area contributed by atoms with Crippen molar-refractivity contribution in [3.8, 4) is 11.1 Å². The van der Waals surface area contributed by atoms with Crippen LogP contribution in [0.2, 0.25) is 0 Å². The highest BCUT2D eigenvalue weighted by atomic mass is 32.2. The summed E-state index contributed by atoms with van der Waals surface area (Å²) in [4.78, 5) is 43.0. The SMILES string of the molecule is CCOC(=O)c1c(-c2ccccc2)csc1NC(=O)CSc1nc2ccc([N+](=O)[O-])cc2[nH]1. The highest BCUT2D eigenvalue weighted by Gasteiger charge is 2.23. The number of aromatic nitrogens is 2. The fourth-order valence-electron chi connectivity index (χ4n) is 3.14. The number of carbonyl (C=O) groups is 2. The molecule has 0 aliphatic heterocycles. The number of fused-ring (bicyclic) bond motifs is 1. The second-order valence-electron chi connectivity index (χ2n) is 6.78. The number of nitro groups is 1. The van der Waals surface area contributed by atoms with Gasteiger partial charge in [0.2, 0.25) is 5.91 Å². The molecular weight excluding hydrogens is 464 g/mol. The summed E-state index contributed by atoms with van der Waals surface area (Å²) in [6.07, 6.45) is 0.